The fraction of sp³-hybridized carbons (Fsp3) is 0.917. The fourth-order valence-electron chi connectivity index (χ4n) is 2.41. The lowest BCUT2D eigenvalue weighted by Gasteiger charge is -2.30. The van der Waals surface area contributed by atoms with Gasteiger partial charge < -0.3 is 5.11 Å². The number of rotatable bonds is 4. The third kappa shape index (κ3) is 2.73. The Labute approximate surface area is 86.7 Å². The molecule has 0 aromatic heterocycles. The lowest BCUT2D eigenvalue weighted by molar-refractivity contribution is -0.149. The summed E-state index contributed by atoms with van der Waals surface area (Å²) in [5.74, 6) is 0.0374. The highest BCUT2D eigenvalue weighted by Crippen LogP contribution is 2.36. The van der Waals surface area contributed by atoms with Gasteiger partial charge in [-0.05, 0) is 25.7 Å². The van der Waals surface area contributed by atoms with Crippen LogP contribution in [-0.2, 0) is 4.79 Å². The summed E-state index contributed by atoms with van der Waals surface area (Å²) < 4.78 is 0. The molecule has 82 valence electrons. The normalized spacial score (nSPS) is 23.0. The summed E-state index contributed by atoms with van der Waals surface area (Å²) in [6, 6.07) is 0. The van der Waals surface area contributed by atoms with E-state index >= 15 is 0 Å². The van der Waals surface area contributed by atoms with Gasteiger partial charge in [-0.2, -0.15) is 0 Å². The fourth-order valence-corrected chi connectivity index (χ4v) is 2.41. The Morgan fingerprint density at radius 2 is 1.93 bits per heavy atom. The van der Waals surface area contributed by atoms with Crippen LogP contribution in [0, 0.1) is 11.3 Å². The van der Waals surface area contributed by atoms with Crippen molar-refractivity contribution in [3.8, 4) is 0 Å². The Morgan fingerprint density at radius 1 is 1.36 bits per heavy atom. The molecule has 0 heterocycles. The Morgan fingerprint density at radius 3 is 2.36 bits per heavy atom. The Kier molecular flexibility index (Phi) is 3.97. The van der Waals surface area contributed by atoms with Gasteiger partial charge in [0.2, 0.25) is 0 Å². The van der Waals surface area contributed by atoms with Crippen LogP contribution in [-0.4, -0.2) is 11.1 Å². The van der Waals surface area contributed by atoms with Crippen LogP contribution in [0.15, 0.2) is 0 Å². The quantitative estimate of drug-likeness (QED) is 0.751. The van der Waals surface area contributed by atoms with Crippen LogP contribution >= 0.6 is 0 Å². The average molecular weight is 198 g/mol. The number of hydrogen-bond acceptors (Lipinski definition) is 1. The molecular formula is C12H22O2. The van der Waals surface area contributed by atoms with Crippen molar-refractivity contribution in [2.45, 2.75) is 58.8 Å². The van der Waals surface area contributed by atoms with Gasteiger partial charge in [-0.3, -0.25) is 4.79 Å². The molecule has 1 aliphatic carbocycles. The number of carboxylic acids is 1. The maximum atomic E-state index is 11.1. The monoisotopic (exact) mass is 198 g/mol. The second-order valence-electron chi connectivity index (χ2n) is 4.93. The summed E-state index contributed by atoms with van der Waals surface area (Å²) in [6.07, 6.45) is 8.03. The molecule has 1 N–H and O–H groups in total. The first-order valence-corrected chi connectivity index (χ1v) is 5.82. The van der Waals surface area contributed by atoms with Crippen LogP contribution in [0.5, 0.6) is 0 Å². The molecule has 0 aromatic rings. The number of carbonyl (C=O) groups is 1. The first-order chi connectivity index (χ1) is 6.58. The van der Waals surface area contributed by atoms with Crippen molar-refractivity contribution in [1.29, 1.82) is 0 Å². The molecule has 14 heavy (non-hydrogen) atoms. The molecular weight excluding hydrogens is 176 g/mol. The molecule has 1 saturated carbocycles. The SMILES string of the molecule is CCC(C)(CC1CCCCC1)C(=O)O. The summed E-state index contributed by atoms with van der Waals surface area (Å²) in [6.45, 7) is 3.88. The van der Waals surface area contributed by atoms with Gasteiger partial charge >= 0.3 is 5.97 Å². The molecule has 1 fully saturated rings. The molecule has 0 saturated heterocycles. The zero-order chi connectivity index (χ0) is 10.6. The van der Waals surface area contributed by atoms with E-state index in [4.69, 9.17) is 5.11 Å². The molecule has 0 bridgehead atoms. The number of hydrogen-bond donors (Lipinski definition) is 1. The minimum absolute atomic E-state index is 0.484. The molecule has 0 aromatic carbocycles. The highest BCUT2D eigenvalue weighted by molar-refractivity contribution is 5.74. The topological polar surface area (TPSA) is 37.3 Å². The van der Waals surface area contributed by atoms with Gasteiger partial charge in [0.25, 0.3) is 0 Å². The number of carboxylic acid groups (broad SMARTS) is 1. The van der Waals surface area contributed by atoms with E-state index in [1.807, 2.05) is 13.8 Å². The third-order valence-electron chi connectivity index (χ3n) is 3.76. The van der Waals surface area contributed by atoms with E-state index in [1.165, 1.54) is 32.1 Å². The predicted molar refractivity (Wildman–Crippen MR) is 57.2 cm³/mol. The summed E-state index contributed by atoms with van der Waals surface area (Å²) in [7, 11) is 0. The van der Waals surface area contributed by atoms with Crippen LogP contribution in [0.2, 0.25) is 0 Å². The van der Waals surface area contributed by atoms with E-state index in [9.17, 15) is 4.79 Å². The van der Waals surface area contributed by atoms with E-state index in [-0.39, 0.29) is 0 Å². The molecule has 0 spiro atoms. The first kappa shape index (κ1) is 11.5. The Balaban J connectivity index is 2.50. The second kappa shape index (κ2) is 4.81. The van der Waals surface area contributed by atoms with E-state index in [1.54, 1.807) is 0 Å². The lowest BCUT2D eigenvalue weighted by atomic mass is 9.74. The van der Waals surface area contributed by atoms with Crippen LogP contribution in [0.4, 0.5) is 0 Å². The molecule has 2 nitrogen and oxygen atoms in total. The van der Waals surface area contributed by atoms with E-state index in [0.29, 0.717) is 5.92 Å². The van der Waals surface area contributed by atoms with Gasteiger partial charge in [0.05, 0.1) is 5.41 Å². The maximum Gasteiger partial charge on any atom is 0.309 e. The highest BCUT2D eigenvalue weighted by atomic mass is 16.4. The van der Waals surface area contributed by atoms with E-state index < -0.39 is 11.4 Å². The highest BCUT2D eigenvalue weighted by Gasteiger charge is 2.34. The van der Waals surface area contributed by atoms with Gasteiger partial charge in [0, 0.05) is 0 Å². The summed E-state index contributed by atoms with van der Waals surface area (Å²) in [4.78, 5) is 11.1. The second-order valence-corrected chi connectivity index (χ2v) is 4.93. The standard InChI is InChI=1S/C12H22O2/c1-3-12(2,11(13)14)9-10-7-5-4-6-8-10/h10H,3-9H2,1-2H3,(H,13,14). The van der Waals surface area contributed by atoms with Crippen LogP contribution in [0.1, 0.15) is 58.8 Å². The van der Waals surface area contributed by atoms with Crippen molar-refractivity contribution in [2.24, 2.45) is 11.3 Å². The molecule has 0 radical (unpaired) electrons. The Bertz CT molecular complexity index is 194. The molecule has 0 aliphatic heterocycles. The first-order valence-electron chi connectivity index (χ1n) is 5.82. The van der Waals surface area contributed by atoms with Gasteiger partial charge in [-0.1, -0.05) is 39.0 Å². The molecule has 1 unspecified atom stereocenters. The number of aliphatic carboxylic acids is 1. The molecule has 2 heteroatoms. The Hall–Kier alpha value is -0.530. The maximum absolute atomic E-state index is 11.1. The van der Waals surface area contributed by atoms with E-state index in [2.05, 4.69) is 0 Å². The molecule has 1 rings (SSSR count). The minimum atomic E-state index is -0.620. The summed E-state index contributed by atoms with van der Waals surface area (Å²) in [5.41, 5.74) is -0.484. The summed E-state index contributed by atoms with van der Waals surface area (Å²) in [5, 5.41) is 9.16. The van der Waals surface area contributed by atoms with E-state index in [0.717, 1.165) is 12.8 Å². The van der Waals surface area contributed by atoms with Crippen molar-refractivity contribution >= 4 is 5.97 Å². The van der Waals surface area contributed by atoms with Gasteiger partial charge in [-0.15, -0.1) is 0 Å². The predicted octanol–water partition coefficient (Wildman–Crippen LogP) is 3.46. The zero-order valence-electron chi connectivity index (χ0n) is 9.38. The van der Waals surface area contributed by atoms with Crippen LogP contribution in [0.3, 0.4) is 0 Å². The average Bonchev–Trinajstić information content (AvgIpc) is 2.19. The lowest BCUT2D eigenvalue weighted by Crippen LogP contribution is -2.30. The molecule has 1 atom stereocenters. The van der Waals surface area contributed by atoms with Crippen molar-refractivity contribution < 1.29 is 9.90 Å². The van der Waals surface area contributed by atoms with Gasteiger partial charge in [-0.25, -0.2) is 0 Å². The minimum Gasteiger partial charge on any atom is -0.481 e. The van der Waals surface area contributed by atoms with Crippen molar-refractivity contribution in [1.82, 2.24) is 0 Å². The van der Waals surface area contributed by atoms with Gasteiger partial charge in [0.1, 0.15) is 0 Å². The van der Waals surface area contributed by atoms with Crippen molar-refractivity contribution in [2.75, 3.05) is 0 Å². The van der Waals surface area contributed by atoms with Gasteiger partial charge in [0.15, 0.2) is 0 Å². The zero-order valence-corrected chi connectivity index (χ0v) is 9.38. The van der Waals surface area contributed by atoms with Crippen LogP contribution in [0.25, 0.3) is 0 Å². The smallest absolute Gasteiger partial charge is 0.309 e. The molecule has 0 amide bonds. The molecule has 1 aliphatic rings. The largest absolute Gasteiger partial charge is 0.481 e. The van der Waals surface area contributed by atoms with Crippen LogP contribution < -0.4 is 0 Å². The van der Waals surface area contributed by atoms with Crippen molar-refractivity contribution in [3.05, 3.63) is 0 Å². The third-order valence-corrected chi connectivity index (χ3v) is 3.76. The summed E-state index contributed by atoms with van der Waals surface area (Å²) >= 11 is 0. The van der Waals surface area contributed by atoms with Crippen molar-refractivity contribution in [3.63, 3.8) is 0 Å².